The summed E-state index contributed by atoms with van der Waals surface area (Å²) in [5.41, 5.74) is 3.38. The number of ether oxygens (including phenoxy) is 1. The molecule has 100 valence electrons. The lowest BCUT2D eigenvalue weighted by atomic mass is 9.96. The molecule has 19 heavy (non-hydrogen) atoms. The van der Waals surface area contributed by atoms with Gasteiger partial charge in [0.05, 0.1) is 7.11 Å². The topological polar surface area (TPSA) is 9.23 Å². The van der Waals surface area contributed by atoms with Gasteiger partial charge in [-0.15, -0.1) is 0 Å². The zero-order valence-corrected chi connectivity index (χ0v) is 12.0. The number of benzene rings is 2. The monoisotopic (exact) mass is 278 g/mol. The Morgan fingerprint density at radius 2 is 2.00 bits per heavy atom. The van der Waals surface area contributed by atoms with Crippen LogP contribution in [-0.4, -0.2) is 7.11 Å². The number of aryl methyl sites for hydroxylation is 2. The first kappa shape index (κ1) is 13.9. The predicted molar refractivity (Wildman–Crippen MR) is 77.5 cm³/mol. The van der Waals surface area contributed by atoms with Crippen LogP contribution >= 0.6 is 11.6 Å². The lowest BCUT2D eigenvalue weighted by Crippen LogP contribution is -1.97. The first-order chi connectivity index (χ1) is 9.08. The summed E-state index contributed by atoms with van der Waals surface area (Å²) in [6.45, 7) is 3.93. The van der Waals surface area contributed by atoms with E-state index in [2.05, 4.69) is 0 Å². The molecule has 0 N–H and O–H groups in total. The maximum atomic E-state index is 13.8. The third-order valence-corrected chi connectivity index (χ3v) is 3.52. The normalized spacial score (nSPS) is 10.6. The van der Waals surface area contributed by atoms with Crippen LogP contribution < -0.4 is 4.74 Å². The minimum absolute atomic E-state index is 0.271. The van der Waals surface area contributed by atoms with E-state index in [0.717, 1.165) is 16.7 Å². The van der Waals surface area contributed by atoms with E-state index < -0.39 is 0 Å². The fourth-order valence-corrected chi connectivity index (χ4v) is 2.64. The number of halogens is 2. The lowest BCUT2D eigenvalue weighted by molar-refractivity contribution is 0.410. The summed E-state index contributed by atoms with van der Waals surface area (Å²) in [5, 5.41) is 0.603. The van der Waals surface area contributed by atoms with Crippen molar-refractivity contribution in [2.24, 2.45) is 0 Å². The van der Waals surface area contributed by atoms with Gasteiger partial charge in [0.15, 0.2) is 0 Å². The standard InChI is InChI=1S/C16H16ClFO/c1-4-11-8-12(18)9-13(16(11)19-3)15-10(2)6-5-7-14(15)17/h5-9H,4H2,1-3H3. The molecule has 0 atom stereocenters. The van der Waals surface area contributed by atoms with Crippen LogP contribution in [0.5, 0.6) is 5.75 Å². The quantitative estimate of drug-likeness (QED) is 0.765. The summed E-state index contributed by atoms with van der Waals surface area (Å²) in [6.07, 6.45) is 0.706. The molecule has 0 fully saturated rings. The highest BCUT2D eigenvalue weighted by molar-refractivity contribution is 6.33. The second-order valence-electron chi connectivity index (χ2n) is 4.43. The van der Waals surface area contributed by atoms with Crippen molar-refractivity contribution in [2.75, 3.05) is 7.11 Å². The Morgan fingerprint density at radius 3 is 2.58 bits per heavy atom. The van der Waals surface area contributed by atoms with Crippen molar-refractivity contribution in [3.05, 3.63) is 52.3 Å². The zero-order chi connectivity index (χ0) is 14.0. The van der Waals surface area contributed by atoms with Gasteiger partial charge in [-0.2, -0.15) is 0 Å². The van der Waals surface area contributed by atoms with Gasteiger partial charge in [-0.05, 0) is 42.7 Å². The van der Waals surface area contributed by atoms with Crippen LogP contribution in [0.25, 0.3) is 11.1 Å². The summed E-state index contributed by atoms with van der Waals surface area (Å²) < 4.78 is 19.2. The van der Waals surface area contributed by atoms with Gasteiger partial charge in [0, 0.05) is 16.1 Å². The van der Waals surface area contributed by atoms with Gasteiger partial charge in [0.25, 0.3) is 0 Å². The van der Waals surface area contributed by atoms with Gasteiger partial charge >= 0.3 is 0 Å². The van der Waals surface area contributed by atoms with E-state index in [9.17, 15) is 4.39 Å². The molecule has 0 saturated carbocycles. The van der Waals surface area contributed by atoms with E-state index in [1.807, 2.05) is 26.0 Å². The Morgan fingerprint density at radius 1 is 1.26 bits per heavy atom. The molecule has 2 aromatic carbocycles. The summed E-state index contributed by atoms with van der Waals surface area (Å²) in [7, 11) is 1.60. The Balaban J connectivity index is 2.78. The summed E-state index contributed by atoms with van der Waals surface area (Å²) >= 11 is 6.26. The van der Waals surface area contributed by atoms with Crippen LogP contribution in [-0.2, 0) is 6.42 Å². The average molecular weight is 279 g/mol. The second-order valence-corrected chi connectivity index (χ2v) is 4.84. The third kappa shape index (κ3) is 2.59. The molecule has 0 aliphatic carbocycles. The van der Waals surface area contributed by atoms with Crippen LogP contribution in [0.1, 0.15) is 18.1 Å². The lowest BCUT2D eigenvalue weighted by Gasteiger charge is -2.16. The maximum absolute atomic E-state index is 13.8. The van der Waals surface area contributed by atoms with E-state index in [1.165, 1.54) is 12.1 Å². The molecule has 0 aromatic heterocycles. The minimum atomic E-state index is -0.271. The van der Waals surface area contributed by atoms with Crippen molar-refractivity contribution in [3.8, 4) is 16.9 Å². The van der Waals surface area contributed by atoms with Crippen molar-refractivity contribution < 1.29 is 9.13 Å². The first-order valence-electron chi connectivity index (χ1n) is 6.20. The van der Waals surface area contributed by atoms with E-state index in [4.69, 9.17) is 16.3 Å². The summed E-state index contributed by atoms with van der Waals surface area (Å²) in [4.78, 5) is 0. The maximum Gasteiger partial charge on any atom is 0.130 e. The van der Waals surface area contributed by atoms with Gasteiger partial charge < -0.3 is 4.74 Å². The highest BCUT2D eigenvalue weighted by atomic mass is 35.5. The smallest absolute Gasteiger partial charge is 0.130 e. The second kappa shape index (κ2) is 5.62. The number of hydrogen-bond acceptors (Lipinski definition) is 1. The van der Waals surface area contributed by atoms with Gasteiger partial charge in [-0.25, -0.2) is 4.39 Å². The number of rotatable bonds is 3. The van der Waals surface area contributed by atoms with Crippen LogP contribution in [0.2, 0.25) is 5.02 Å². The predicted octanol–water partition coefficient (Wildman–Crippen LogP) is 5.03. The Bertz CT molecular complexity index is 588. The highest BCUT2D eigenvalue weighted by Gasteiger charge is 2.16. The van der Waals surface area contributed by atoms with Gasteiger partial charge in [0.1, 0.15) is 11.6 Å². The third-order valence-electron chi connectivity index (χ3n) is 3.21. The molecule has 1 nitrogen and oxygen atoms in total. The molecule has 3 heteroatoms. The fraction of sp³-hybridized carbons (Fsp3) is 0.250. The van der Waals surface area contributed by atoms with E-state index in [1.54, 1.807) is 13.2 Å². The molecule has 0 amide bonds. The fourth-order valence-electron chi connectivity index (χ4n) is 2.31. The molecular weight excluding hydrogens is 263 g/mol. The van der Waals surface area contributed by atoms with Crippen molar-refractivity contribution in [2.45, 2.75) is 20.3 Å². The van der Waals surface area contributed by atoms with Crippen molar-refractivity contribution >= 4 is 11.6 Å². The van der Waals surface area contributed by atoms with Crippen molar-refractivity contribution in [1.82, 2.24) is 0 Å². The SMILES string of the molecule is CCc1cc(F)cc(-c2c(C)cccc2Cl)c1OC. The summed E-state index contributed by atoms with van der Waals surface area (Å²) in [6, 6.07) is 8.63. The van der Waals surface area contributed by atoms with E-state index in [-0.39, 0.29) is 5.82 Å². The molecule has 2 rings (SSSR count). The van der Waals surface area contributed by atoms with Crippen LogP contribution in [0.4, 0.5) is 4.39 Å². The molecule has 0 radical (unpaired) electrons. The average Bonchev–Trinajstić information content (AvgIpc) is 2.37. The van der Waals surface area contributed by atoms with Crippen molar-refractivity contribution in [3.63, 3.8) is 0 Å². The number of methoxy groups -OCH3 is 1. The molecule has 0 spiro atoms. The molecule has 0 saturated heterocycles. The van der Waals surface area contributed by atoms with Crippen LogP contribution in [0, 0.1) is 12.7 Å². The summed E-state index contributed by atoms with van der Waals surface area (Å²) in [5.74, 6) is 0.423. The van der Waals surface area contributed by atoms with Gasteiger partial charge in [-0.1, -0.05) is 30.7 Å². The number of hydrogen-bond donors (Lipinski definition) is 0. The molecule has 0 aliphatic rings. The van der Waals surface area contributed by atoms with Gasteiger partial charge in [-0.3, -0.25) is 0 Å². The highest BCUT2D eigenvalue weighted by Crippen LogP contribution is 2.39. The largest absolute Gasteiger partial charge is 0.496 e. The molecule has 2 aromatic rings. The van der Waals surface area contributed by atoms with Crippen LogP contribution in [0.3, 0.4) is 0 Å². The zero-order valence-electron chi connectivity index (χ0n) is 11.3. The van der Waals surface area contributed by atoms with E-state index >= 15 is 0 Å². The molecule has 0 unspecified atom stereocenters. The minimum Gasteiger partial charge on any atom is -0.496 e. The van der Waals surface area contributed by atoms with E-state index in [0.29, 0.717) is 22.8 Å². The van der Waals surface area contributed by atoms with Crippen molar-refractivity contribution in [1.29, 1.82) is 0 Å². The van der Waals surface area contributed by atoms with Crippen LogP contribution in [0.15, 0.2) is 30.3 Å². The Kier molecular flexibility index (Phi) is 4.11. The Labute approximate surface area is 118 Å². The molecule has 0 heterocycles. The molecular formula is C16H16ClFO. The van der Waals surface area contributed by atoms with Gasteiger partial charge in [0.2, 0.25) is 0 Å². The first-order valence-corrected chi connectivity index (χ1v) is 6.58. The molecule has 0 bridgehead atoms. The Hall–Kier alpha value is -1.54. The molecule has 0 aliphatic heterocycles.